The van der Waals surface area contributed by atoms with E-state index in [0.717, 1.165) is 11.4 Å². The first kappa shape index (κ1) is 13.9. The third-order valence-electron chi connectivity index (χ3n) is 2.87. The van der Waals surface area contributed by atoms with Crippen molar-refractivity contribution in [1.82, 2.24) is 9.97 Å². The average molecular weight is 236 g/mol. The normalized spacial score (nSPS) is 12.5. The summed E-state index contributed by atoms with van der Waals surface area (Å²) in [6.07, 6.45) is 0. The molecule has 0 radical (unpaired) electrons. The van der Waals surface area contributed by atoms with Crippen molar-refractivity contribution in [3.8, 4) is 0 Å². The molecule has 0 aliphatic heterocycles. The van der Waals surface area contributed by atoms with Crippen LogP contribution in [0, 0.1) is 0 Å². The topological polar surface area (TPSA) is 45.8 Å². The molecule has 1 aromatic heterocycles. The van der Waals surface area contributed by atoms with Crippen LogP contribution in [0.1, 0.15) is 77.3 Å². The molecule has 0 aromatic carbocycles. The fraction of sp³-hybridized carbons (Fsp3) is 0.714. The van der Waals surface area contributed by atoms with E-state index in [1.807, 2.05) is 0 Å². The number of nitrogens with zero attached hydrogens (tertiary/aromatic N) is 1. The van der Waals surface area contributed by atoms with Gasteiger partial charge in [-0.1, -0.05) is 48.5 Å². The highest BCUT2D eigenvalue weighted by Crippen LogP contribution is 2.32. The van der Waals surface area contributed by atoms with Gasteiger partial charge in [0, 0.05) is 11.1 Å². The molecule has 0 aliphatic carbocycles. The molecule has 1 aromatic rings. The lowest BCUT2D eigenvalue weighted by molar-refractivity contribution is 0.541. The molecule has 0 saturated carbocycles. The summed E-state index contributed by atoms with van der Waals surface area (Å²) in [6.45, 7) is 14.8. The molecule has 0 bridgehead atoms. The van der Waals surface area contributed by atoms with Crippen LogP contribution in [0.4, 0.5) is 0 Å². The van der Waals surface area contributed by atoms with Crippen LogP contribution in [0.3, 0.4) is 0 Å². The molecule has 1 rings (SSSR count). The predicted molar refractivity (Wildman–Crippen MR) is 71.7 cm³/mol. The Balaban J connectivity index is 3.64. The number of aromatic nitrogens is 2. The van der Waals surface area contributed by atoms with Crippen LogP contribution in [0.25, 0.3) is 0 Å². The van der Waals surface area contributed by atoms with Crippen LogP contribution in [0.5, 0.6) is 0 Å². The maximum Gasteiger partial charge on any atom is 0.345 e. The van der Waals surface area contributed by atoms with Crippen LogP contribution in [-0.2, 0) is 5.41 Å². The number of H-pyrrole nitrogens is 1. The Morgan fingerprint density at radius 1 is 1.06 bits per heavy atom. The van der Waals surface area contributed by atoms with Crippen LogP contribution in [0.15, 0.2) is 4.79 Å². The number of rotatable bonds is 2. The predicted octanol–water partition coefficient (Wildman–Crippen LogP) is 3.31. The van der Waals surface area contributed by atoms with Gasteiger partial charge in [-0.05, 0) is 17.4 Å². The molecular formula is C14H24N2O. The van der Waals surface area contributed by atoms with Crippen LogP contribution >= 0.6 is 0 Å². The molecule has 0 unspecified atom stereocenters. The van der Waals surface area contributed by atoms with Crippen LogP contribution in [-0.4, -0.2) is 9.97 Å². The SMILES string of the molecule is CC(C)c1[nH]c(=O)nc(C(C)(C)C)c1C(C)C. The maximum absolute atomic E-state index is 11.7. The summed E-state index contributed by atoms with van der Waals surface area (Å²) in [5.41, 5.74) is 2.83. The van der Waals surface area contributed by atoms with Gasteiger partial charge < -0.3 is 4.98 Å². The molecule has 0 aliphatic rings. The minimum absolute atomic E-state index is 0.0997. The summed E-state index contributed by atoms with van der Waals surface area (Å²) in [5, 5.41) is 0. The Morgan fingerprint density at radius 3 is 1.94 bits per heavy atom. The summed E-state index contributed by atoms with van der Waals surface area (Å²) in [4.78, 5) is 18.8. The molecule has 3 nitrogen and oxygen atoms in total. The number of aromatic amines is 1. The quantitative estimate of drug-likeness (QED) is 0.856. The summed E-state index contributed by atoms with van der Waals surface area (Å²) in [6, 6.07) is 0. The highest BCUT2D eigenvalue weighted by Gasteiger charge is 2.25. The van der Waals surface area contributed by atoms with Gasteiger partial charge in [0.1, 0.15) is 0 Å². The summed E-state index contributed by atoms with van der Waals surface area (Å²) in [5.74, 6) is 0.676. The van der Waals surface area contributed by atoms with E-state index < -0.39 is 0 Å². The second kappa shape index (κ2) is 4.63. The molecule has 0 saturated heterocycles. The Kier molecular flexibility index (Phi) is 3.80. The highest BCUT2D eigenvalue weighted by atomic mass is 16.1. The fourth-order valence-corrected chi connectivity index (χ4v) is 2.11. The maximum atomic E-state index is 11.7. The van der Waals surface area contributed by atoms with Crippen molar-refractivity contribution in [2.45, 2.75) is 65.7 Å². The zero-order chi connectivity index (χ0) is 13.4. The van der Waals surface area contributed by atoms with Crippen molar-refractivity contribution >= 4 is 0 Å². The van der Waals surface area contributed by atoms with Gasteiger partial charge in [0.25, 0.3) is 0 Å². The van der Waals surface area contributed by atoms with Crippen molar-refractivity contribution in [3.05, 3.63) is 27.4 Å². The van der Waals surface area contributed by atoms with E-state index in [1.165, 1.54) is 5.56 Å². The van der Waals surface area contributed by atoms with Crippen LogP contribution < -0.4 is 5.69 Å². The molecular weight excluding hydrogens is 212 g/mol. The van der Waals surface area contributed by atoms with Crippen molar-refractivity contribution < 1.29 is 0 Å². The number of hydrogen-bond donors (Lipinski definition) is 1. The van der Waals surface area contributed by atoms with E-state index in [2.05, 4.69) is 58.4 Å². The second-order valence-corrected chi connectivity index (χ2v) is 6.28. The summed E-state index contributed by atoms with van der Waals surface area (Å²) < 4.78 is 0. The summed E-state index contributed by atoms with van der Waals surface area (Å²) in [7, 11) is 0. The van der Waals surface area contributed by atoms with E-state index in [-0.39, 0.29) is 11.1 Å². The van der Waals surface area contributed by atoms with Gasteiger partial charge in [-0.2, -0.15) is 4.98 Å². The van der Waals surface area contributed by atoms with Gasteiger partial charge in [-0.15, -0.1) is 0 Å². The van der Waals surface area contributed by atoms with E-state index in [4.69, 9.17) is 0 Å². The van der Waals surface area contributed by atoms with Gasteiger partial charge in [0.15, 0.2) is 0 Å². The third kappa shape index (κ3) is 2.96. The van der Waals surface area contributed by atoms with Crippen molar-refractivity contribution in [2.75, 3.05) is 0 Å². The lowest BCUT2D eigenvalue weighted by atomic mass is 9.82. The lowest BCUT2D eigenvalue weighted by Crippen LogP contribution is -2.27. The molecule has 0 atom stereocenters. The number of nitrogens with one attached hydrogen (secondary N) is 1. The minimum atomic E-state index is -0.233. The van der Waals surface area contributed by atoms with Crippen molar-refractivity contribution in [2.24, 2.45) is 0 Å². The fourth-order valence-electron chi connectivity index (χ4n) is 2.11. The Bertz CT molecular complexity index is 450. The van der Waals surface area contributed by atoms with Crippen molar-refractivity contribution in [3.63, 3.8) is 0 Å². The van der Waals surface area contributed by atoms with Gasteiger partial charge >= 0.3 is 5.69 Å². The lowest BCUT2D eigenvalue weighted by Gasteiger charge is -2.26. The summed E-state index contributed by atoms with van der Waals surface area (Å²) >= 11 is 0. The molecule has 1 N–H and O–H groups in total. The van der Waals surface area contributed by atoms with E-state index in [0.29, 0.717) is 11.8 Å². The van der Waals surface area contributed by atoms with Gasteiger partial charge in [-0.3, -0.25) is 0 Å². The Labute approximate surface area is 104 Å². The first-order chi connectivity index (χ1) is 7.64. The van der Waals surface area contributed by atoms with E-state index in [1.54, 1.807) is 0 Å². The zero-order valence-corrected chi connectivity index (χ0v) is 12.0. The van der Waals surface area contributed by atoms with Gasteiger partial charge in [0.2, 0.25) is 0 Å². The standard InChI is InChI=1S/C14H24N2O/c1-8(2)10-11(9(3)4)15-13(17)16-12(10)14(5,6)7/h8-9H,1-7H3,(H,15,16,17). The molecule has 96 valence electrons. The molecule has 0 spiro atoms. The average Bonchev–Trinajstić information content (AvgIpc) is 2.14. The smallest absolute Gasteiger partial charge is 0.309 e. The second-order valence-electron chi connectivity index (χ2n) is 6.28. The van der Waals surface area contributed by atoms with Gasteiger partial charge in [-0.25, -0.2) is 4.79 Å². The Hall–Kier alpha value is -1.12. The highest BCUT2D eigenvalue weighted by molar-refractivity contribution is 5.34. The first-order valence-electron chi connectivity index (χ1n) is 6.29. The Morgan fingerprint density at radius 2 is 1.59 bits per heavy atom. The molecule has 0 amide bonds. The molecule has 3 heteroatoms. The van der Waals surface area contributed by atoms with E-state index in [9.17, 15) is 4.79 Å². The van der Waals surface area contributed by atoms with Crippen LogP contribution in [0.2, 0.25) is 0 Å². The monoisotopic (exact) mass is 236 g/mol. The van der Waals surface area contributed by atoms with Crippen molar-refractivity contribution in [1.29, 1.82) is 0 Å². The van der Waals surface area contributed by atoms with Gasteiger partial charge in [0.05, 0.1) is 5.69 Å². The molecule has 0 fully saturated rings. The van der Waals surface area contributed by atoms with E-state index >= 15 is 0 Å². The third-order valence-corrected chi connectivity index (χ3v) is 2.87. The zero-order valence-electron chi connectivity index (χ0n) is 12.0. The molecule has 17 heavy (non-hydrogen) atoms. The first-order valence-corrected chi connectivity index (χ1v) is 6.29. The molecule has 1 heterocycles. The number of hydrogen-bond acceptors (Lipinski definition) is 2. The largest absolute Gasteiger partial charge is 0.345 e. The minimum Gasteiger partial charge on any atom is -0.309 e.